The fraction of sp³-hybridized carbons (Fsp3) is 0.800. The minimum absolute atomic E-state index is 0.188. The molecular formula is C15H27NO2. The zero-order chi connectivity index (χ0) is 13.2. The topological polar surface area (TPSA) is 29.5 Å². The number of allylic oxidation sites excluding steroid dienone is 1. The number of unbranched alkanes of at least 4 members (excludes halogenated alkanes) is 2. The molecule has 1 amide bonds. The van der Waals surface area contributed by atoms with E-state index in [0.29, 0.717) is 6.10 Å². The van der Waals surface area contributed by atoms with E-state index in [0.717, 1.165) is 51.8 Å². The maximum absolute atomic E-state index is 11.8. The minimum atomic E-state index is 0.188. The van der Waals surface area contributed by atoms with Crippen LogP contribution in [0.4, 0.5) is 0 Å². The normalized spacial score (nSPS) is 16.7. The Morgan fingerprint density at radius 3 is 2.61 bits per heavy atom. The monoisotopic (exact) mass is 253 g/mol. The minimum Gasteiger partial charge on any atom is -0.379 e. The third-order valence-electron chi connectivity index (χ3n) is 3.14. The fourth-order valence-electron chi connectivity index (χ4n) is 2.09. The molecule has 0 aromatic heterocycles. The highest BCUT2D eigenvalue weighted by molar-refractivity contribution is 5.87. The molecule has 0 saturated carbocycles. The van der Waals surface area contributed by atoms with Crippen molar-refractivity contribution in [1.29, 1.82) is 0 Å². The molecular weight excluding hydrogens is 226 g/mol. The van der Waals surface area contributed by atoms with E-state index < -0.39 is 0 Å². The first-order valence-electron chi connectivity index (χ1n) is 7.27. The second-order valence-electron chi connectivity index (χ2n) is 5.20. The molecule has 1 aliphatic heterocycles. The number of nitrogens with zero attached hydrogens (tertiary/aromatic N) is 1. The Kier molecular flexibility index (Phi) is 7.74. The van der Waals surface area contributed by atoms with Crippen molar-refractivity contribution in [3.8, 4) is 0 Å². The third-order valence-corrected chi connectivity index (χ3v) is 3.14. The highest BCUT2D eigenvalue weighted by Gasteiger charge is 2.13. The summed E-state index contributed by atoms with van der Waals surface area (Å²) in [6.07, 6.45) is 10.8. The van der Waals surface area contributed by atoms with Crippen molar-refractivity contribution in [3.63, 3.8) is 0 Å². The zero-order valence-electron chi connectivity index (χ0n) is 11.9. The molecule has 0 bridgehead atoms. The van der Waals surface area contributed by atoms with Gasteiger partial charge >= 0.3 is 0 Å². The number of likely N-dealkylation sites (tertiary alicyclic amines) is 1. The highest BCUT2D eigenvalue weighted by Crippen LogP contribution is 2.09. The van der Waals surface area contributed by atoms with Crippen molar-refractivity contribution in [1.82, 2.24) is 4.90 Å². The van der Waals surface area contributed by atoms with E-state index in [1.54, 1.807) is 6.08 Å². The van der Waals surface area contributed by atoms with Gasteiger partial charge in [0.1, 0.15) is 0 Å². The number of amides is 1. The van der Waals surface area contributed by atoms with E-state index in [4.69, 9.17) is 4.74 Å². The number of carbonyl (C=O) groups is 1. The van der Waals surface area contributed by atoms with Crippen LogP contribution in [0.5, 0.6) is 0 Å². The van der Waals surface area contributed by atoms with E-state index in [2.05, 4.69) is 13.8 Å². The molecule has 1 saturated heterocycles. The summed E-state index contributed by atoms with van der Waals surface area (Å²) < 4.78 is 5.47. The van der Waals surface area contributed by atoms with Crippen LogP contribution in [0.1, 0.15) is 52.4 Å². The second kappa shape index (κ2) is 9.15. The predicted octanol–water partition coefficient (Wildman–Crippen LogP) is 3.15. The van der Waals surface area contributed by atoms with Crippen LogP contribution in [0.3, 0.4) is 0 Å². The van der Waals surface area contributed by atoms with E-state index in [-0.39, 0.29) is 5.91 Å². The Hall–Kier alpha value is -0.830. The molecule has 1 aliphatic rings. The molecule has 18 heavy (non-hydrogen) atoms. The van der Waals surface area contributed by atoms with Gasteiger partial charge in [0.05, 0.1) is 6.10 Å². The molecule has 0 spiro atoms. The van der Waals surface area contributed by atoms with E-state index in [1.165, 1.54) is 6.42 Å². The van der Waals surface area contributed by atoms with Crippen LogP contribution < -0.4 is 0 Å². The van der Waals surface area contributed by atoms with E-state index in [9.17, 15) is 4.79 Å². The molecule has 3 nitrogen and oxygen atoms in total. The smallest absolute Gasteiger partial charge is 0.246 e. The molecule has 1 heterocycles. The van der Waals surface area contributed by atoms with Crippen LogP contribution in [0, 0.1) is 0 Å². The Bertz CT molecular complexity index is 255. The summed E-state index contributed by atoms with van der Waals surface area (Å²) in [5.74, 6) is 0.188. The summed E-state index contributed by atoms with van der Waals surface area (Å²) >= 11 is 0. The lowest BCUT2D eigenvalue weighted by molar-refractivity contribution is -0.126. The molecule has 0 radical (unpaired) electrons. The van der Waals surface area contributed by atoms with Gasteiger partial charge in [-0.2, -0.15) is 0 Å². The molecule has 0 N–H and O–H groups in total. The molecule has 0 aromatic carbocycles. The van der Waals surface area contributed by atoms with Gasteiger partial charge in [0, 0.05) is 19.7 Å². The van der Waals surface area contributed by atoms with Crippen molar-refractivity contribution in [2.75, 3.05) is 19.7 Å². The first-order valence-corrected chi connectivity index (χ1v) is 7.27. The average Bonchev–Trinajstić information content (AvgIpc) is 2.38. The van der Waals surface area contributed by atoms with Crippen molar-refractivity contribution >= 4 is 5.91 Å². The SMILES string of the molecule is CC(C)OCCCC/C=C/C(=O)N1CCCCC1. The Morgan fingerprint density at radius 1 is 1.22 bits per heavy atom. The van der Waals surface area contributed by atoms with Crippen LogP contribution >= 0.6 is 0 Å². The predicted molar refractivity (Wildman–Crippen MR) is 74.5 cm³/mol. The van der Waals surface area contributed by atoms with E-state index in [1.807, 2.05) is 11.0 Å². The van der Waals surface area contributed by atoms with Gasteiger partial charge in [-0.1, -0.05) is 6.08 Å². The van der Waals surface area contributed by atoms with Gasteiger partial charge in [-0.15, -0.1) is 0 Å². The summed E-state index contributed by atoms with van der Waals surface area (Å²) in [6.45, 7) is 6.80. The molecule has 0 unspecified atom stereocenters. The number of carbonyl (C=O) groups excluding carboxylic acids is 1. The summed E-state index contributed by atoms with van der Waals surface area (Å²) in [5.41, 5.74) is 0. The Balaban J connectivity index is 2.03. The number of hydrogen-bond acceptors (Lipinski definition) is 2. The van der Waals surface area contributed by atoms with Crippen LogP contribution in [-0.2, 0) is 9.53 Å². The molecule has 0 aliphatic carbocycles. The zero-order valence-corrected chi connectivity index (χ0v) is 11.9. The number of rotatable bonds is 7. The third kappa shape index (κ3) is 6.80. The maximum atomic E-state index is 11.8. The van der Waals surface area contributed by atoms with Crippen LogP contribution in [0.25, 0.3) is 0 Å². The molecule has 0 atom stereocenters. The van der Waals surface area contributed by atoms with Crippen LogP contribution in [0.2, 0.25) is 0 Å². The largest absolute Gasteiger partial charge is 0.379 e. The molecule has 1 fully saturated rings. The quantitative estimate of drug-likeness (QED) is 0.515. The van der Waals surface area contributed by atoms with Gasteiger partial charge in [0.15, 0.2) is 0 Å². The summed E-state index contributed by atoms with van der Waals surface area (Å²) in [4.78, 5) is 13.8. The first-order chi connectivity index (χ1) is 8.70. The Labute approximate surface area is 111 Å². The number of piperidine rings is 1. The van der Waals surface area contributed by atoms with Gasteiger partial charge in [-0.25, -0.2) is 0 Å². The van der Waals surface area contributed by atoms with Gasteiger partial charge in [0.2, 0.25) is 5.91 Å². The summed E-state index contributed by atoms with van der Waals surface area (Å²) in [7, 11) is 0. The maximum Gasteiger partial charge on any atom is 0.246 e. The molecule has 0 aromatic rings. The lowest BCUT2D eigenvalue weighted by atomic mass is 10.1. The lowest BCUT2D eigenvalue weighted by Crippen LogP contribution is -2.34. The summed E-state index contributed by atoms with van der Waals surface area (Å²) in [6, 6.07) is 0. The standard InChI is InChI=1S/C15H27NO2/c1-14(2)18-13-9-4-3-6-10-15(17)16-11-7-5-8-12-16/h6,10,14H,3-5,7-9,11-13H2,1-2H3/b10-6+. The van der Waals surface area contributed by atoms with Gasteiger partial charge in [-0.3, -0.25) is 4.79 Å². The van der Waals surface area contributed by atoms with Crippen molar-refractivity contribution in [2.24, 2.45) is 0 Å². The fourth-order valence-corrected chi connectivity index (χ4v) is 2.09. The lowest BCUT2D eigenvalue weighted by Gasteiger charge is -2.25. The number of hydrogen-bond donors (Lipinski definition) is 0. The first kappa shape index (κ1) is 15.2. The van der Waals surface area contributed by atoms with Crippen molar-refractivity contribution in [3.05, 3.63) is 12.2 Å². The van der Waals surface area contributed by atoms with Crippen LogP contribution in [0.15, 0.2) is 12.2 Å². The van der Waals surface area contributed by atoms with Crippen molar-refractivity contribution in [2.45, 2.75) is 58.5 Å². The second-order valence-corrected chi connectivity index (χ2v) is 5.20. The van der Waals surface area contributed by atoms with Crippen LogP contribution in [-0.4, -0.2) is 36.6 Å². The molecule has 104 valence electrons. The molecule has 1 rings (SSSR count). The highest BCUT2D eigenvalue weighted by atomic mass is 16.5. The number of ether oxygens (including phenoxy) is 1. The molecule has 3 heteroatoms. The Morgan fingerprint density at radius 2 is 1.94 bits per heavy atom. The average molecular weight is 253 g/mol. The van der Waals surface area contributed by atoms with E-state index >= 15 is 0 Å². The van der Waals surface area contributed by atoms with Crippen molar-refractivity contribution < 1.29 is 9.53 Å². The van der Waals surface area contributed by atoms with Gasteiger partial charge in [-0.05, 0) is 58.4 Å². The summed E-state index contributed by atoms with van der Waals surface area (Å²) in [5, 5.41) is 0. The van der Waals surface area contributed by atoms with Gasteiger partial charge < -0.3 is 9.64 Å². The van der Waals surface area contributed by atoms with Gasteiger partial charge in [0.25, 0.3) is 0 Å².